The Hall–Kier alpha value is -3.26. The van der Waals surface area contributed by atoms with Gasteiger partial charge in [0, 0.05) is 37.3 Å². The number of likely N-dealkylation sites (tertiary alicyclic amines) is 1. The second kappa shape index (κ2) is 9.65. The Morgan fingerprint density at radius 3 is 2.58 bits per heavy atom. The summed E-state index contributed by atoms with van der Waals surface area (Å²) in [5.41, 5.74) is 2.53. The second-order valence-electron chi connectivity index (χ2n) is 10.0. The van der Waals surface area contributed by atoms with Crippen molar-refractivity contribution in [2.45, 2.75) is 53.0 Å². The van der Waals surface area contributed by atoms with Gasteiger partial charge in [0.2, 0.25) is 0 Å². The van der Waals surface area contributed by atoms with Crippen molar-refractivity contribution in [3.05, 3.63) is 65.1 Å². The average Bonchev–Trinajstić information content (AvgIpc) is 3.16. The van der Waals surface area contributed by atoms with Gasteiger partial charge >= 0.3 is 0 Å². The maximum Gasteiger partial charge on any atom is 0.153 e. The third kappa shape index (κ3) is 4.50. The molecule has 1 atom stereocenters. The van der Waals surface area contributed by atoms with Gasteiger partial charge in [0.15, 0.2) is 11.6 Å². The fraction of sp³-hybridized carbons (Fsp3) is 0.429. The van der Waals surface area contributed by atoms with Crippen LogP contribution in [0.1, 0.15) is 63.0 Å². The molecule has 0 unspecified atom stereocenters. The van der Waals surface area contributed by atoms with Crippen LogP contribution in [0, 0.1) is 18.7 Å². The number of halogens is 2. The molecule has 0 saturated carbocycles. The molecule has 0 radical (unpaired) electrons. The van der Waals surface area contributed by atoms with Crippen LogP contribution in [-0.4, -0.2) is 50.6 Å². The van der Waals surface area contributed by atoms with Crippen molar-refractivity contribution in [1.82, 2.24) is 19.4 Å². The molecule has 0 N–H and O–H groups in total. The third-order valence-corrected chi connectivity index (χ3v) is 7.33. The molecular formula is C28H32F2N6. The van der Waals surface area contributed by atoms with Crippen LogP contribution in [0.5, 0.6) is 0 Å². The SMILES string of the molecule is CCN1CC([C@@H](C)c2ccc(N=C3CC=C(F)C(c4cc(F)c5nc(C)n(C(C)C)c5c4)=N3)nc2)C1. The molecule has 6 nitrogen and oxygen atoms in total. The number of fused-ring (bicyclic) bond motifs is 1. The number of benzene rings is 1. The summed E-state index contributed by atoms with van der Waals surface area (Å²) in [6.07, 6.45) is 3.56. The lowest BCUT2D eigenvalue weighted by Gasteiger charge is -2.42. The van der Waals surface area contributed by atoms with Crippen molar-refractivity contribution >= 4 is 28.4 Å². The van der Waals surface area contributed by atoms with E-state index in [-0.39, 0.29) is 23.7 Å². The fourth-order valence-corrected chi connectivity index (χ4v) is 5.16. The van der Waals surface area contributed by atoms with Crippen LogP contribution in [0.25, 0.3) is 11.0 Å². The van der Waals surface area contributed by atoms with Crippen LogP contribution < -0.4 is 0 Å². The Morgan fingerprint density at radius 2 is 1.92 bits per heavy atom. The first-order valence-corrected chi connectivity index (χ1v) is 12.6. The van der Waals surface area contributed by atoms with Crippen molar-refractivity contribution in [3.8, 4) is 0 Å². The molecule has 1 saturated heterocycles. The Labute approximate surface area is 210 Å². The summed E-state index contributed by atoms with van der Waals surface area (Å²) in [7, 11) is 0. The minimum Gasteiger partial charge on any atom is -0.326 e. The largest absolute Gasteiger partial charge is 0.326 e. The normalized spacial score (nSPS) is 19.1. The first kappa shape index (κ1) is 24.4. The van der Waals surface area contributed by atoms with E-state index in [1.54, 1.807) is 6.07 Å². The number of aromatic nitrogens is 3. The van der Waals surface area contributed by atoms with E-state index in [4.69, 9.17) is 0 Å². The average molecular weight is 491 g/mol. The van der Waals surface area contributed by atoms with Crippen LogP contribution in [-0.2, 0) is 0 Å². The van der Waals surface area contributed by atoms with Crippen LogP contribution in [0.3, 0.4) is 0 Å². The quantitative estimate of drug-likeness (QED) is 0.408. The van der Waals surface area contributed by atoms with Gasteiger partial charge in [-0.25, -0.2) is 28.7 Å². The monoisotopic (exact) mass is 490 g/mol. The first-order chi connectivity index (χ1) is 17.2. The Morgan fingerprint density at radius 1 is 1.14 bits per heavy atom. The lowest BCUT2D eigenvalue weighted by Crippen LogP contribution is -2.48. The van der Waals surface area contributed by atoms with E-state index in [1.807, 2.05) is 37.6 Å². The van der Waals surface area contributed by atoms with Crippen molar-refractivity contribution < 1.29 is 8.78 Å². The molecule has 0 spiro atoms. The highest BCUT2D eigenvalue weighted by atomic mass is 19.1. The fourth-order valence-electron chi connectivity index (χ4n) is 5.16. The molecule has 4 heterocycles. The summed E-state index contributed by atoms with van der Waals surface area (Å²) in [5, 5.41) is 0. The molecule has 8 heteroatoms. The predicted molar refractivity (Wildman–Crippen MR) is 141 cm³/mol. The number of hydrogen-bond acceptors (Lipinski definition) is 4. The summed E-state index contributed by atoms with van der Waals surface area (Å²) >= 11 is 0. The molecule has 1 aromatic carbocycles. The van der Waals surface area contributed by atoms with Gasteiger partial charge in [-0.1, -0.05) is 19.9 Å². The lowest BCUT2D eigenvalue weighted by atomic mass is 9.83. The summed E-state index contributed by atoms with van der Waals surface area (Å²) in [5.74, 6) is 1.78. The van der Waals surface area contributed by atoms with Crippen LogP contribution in [0.2, 0.25) is 0 Å². The number of hydrogen-bond donors (Lipinski definition) is 0. The summed E-state index contributed by atoms with van der Waals surface area (Å²) in [6, 6.07) is 7.08. The number of dihydropyridines is 1. The zero-order chi connectivity index (χ0) is 25.6. The number of pyridine rings is 1. The van der Waals surface area contributed by atoms with Gasteiger partial charge in [0.1, 0.15) is 28.7 Å². The zero-order valence-corrected chi connectivity index (χ0v) is 21.5. The van der Waals surface area contributed by atoms with E-state index in [2.05, 4.69) is 44.8 Å². The molecule has 1 fully saturated rings. The molecule has 0 aliphatic carbocycles. The van der Waals surface area contributed by atoms with E-state index in [1.165, 1.54) is 17.7 Å². The number of nitrogens with zero attached hydrogens (tertiary/aromatic N) is 6. The van der Waals surface area contributed by atoms with E-state index in [0.717, 1.165) is 19.6 Å². The molecule has 0 amide bonds. The third-order valence-electron chi connectivity index (χ3n) is 7.33. The molecular weight excluding hydrogens is 458 g/mol. The van der Waals surface area contributed by atoms with Crippen LogP contribution in [0.15, 0.2) is 52.4 Å². The highest BCUT2D eigenvalue weighted by Gasteiger charge is 2.30. The van der Waals surface area contributed by atoms with E-state index < -0.39 is 11.6 Å². The van der Waals surface area contributed by atoms with E-state index in [9.17, 15) is 8.78 Å². The number of aryl methyl sites for hydroxylation is 1. The van der Waals surface area contributed by atoms with Gasteiger partial charge in [-0.3, -0.25) is 0 Å². The molecule has 0 bridgehead atoms. The molecule has 2 aliphatic heterocycles. The Bertz CT molecular complexity index is 1380. The summed E-state index contributed by atoms with van der Waals surface area (Å²) < 4.78 is 31.8. The van der Waals surface area contributed by atoms with Crippen molar-refractivity contribution in [2.24, 2.45) is 15.9 Å². The molecule has 2 aromatic heterocycles. The minimum atomic E-state index is -0.496. The lowest BCUT2D eigenvalue weighted by molar-refractivity contribution is 0.0909. The van der Waals surface area contributed by atoms with Gasteiger partial charge in [-0.05, 0) is 69.0 Å². The number of aliphatic imine (C=N–C) groups is 2. The number of amidine groups is 1. The van der Waals surface area contributed by atoms with Crippen molar-refractivity contribution in [2.75, 3.05) is 19.6 Å². The van der Waals surface area contributed by atoms with Crippen LogP contribution in [0.4, 0.5) is 14.6 Å². The van der Waals surface area contributed by atoms with Gasteiger partial charge in [0.05, 0.1) is 5.52 Å². The van der Waals surface area contributed by atoms with Crippen molar-refractivity contribution in [3.63, 3.8) is 0 Å². The smallest absolute Gasteiger partial charge is 0.153 e. The molecule has 188 valence electrons. The van der Waals surface area contributed by atoms with Gasteiger partial charge in [0.25, 0.3) is 0 Å². The summed E-state index contributed by atoms with van der Waals surface area (Å²) in [4.78, 5) is 20.3. The maximum atomic E-state index is 14.9. The van der Waals surface area contributed by atoms with Gasteiger partial charge in [-0.2, -0.15) is 0 Å². The highest BCUT2D eigenvalue weighted by molar-refractivity contribution is 6.18. The molecule has 36 heavy (non-hydrogen) atoms. The maximum absolute atomic E-state index is 14.9. The Balaban J connectivity index is 1.42. The van der Waals surface area contributed by atoms with Crippen molar-refractivity contribution in [1.29, 1.82) is 0 Å². The first-order valence-electron chi connectivity index (χ1n) is 12.6. The molecule has 2 aliphatic rings. The number of rotatable bonds is 6. The molecule has 5 rings (SSSR count). The van der Waals surface area contributed by atoms with Gasteiger partial charge in [-0.15, -0.1) is 0 Å². The van der Waals surface area contributed by atoms with E-state index >= 15 is 0 Å². The Kier molecular flexibility index (Phi) is 6.55. The zero-order valence-electron chi connectivity index (χ0n) is 21.5. The topological polar surface area (TPSA) is 58.7 Å². The predicted octanol–water partition coefficient (Wildman–Crippen LogP) is 6.29. The minimum absolute atomic E-state index is 0.0747. The number of allylic oxidation sites excluding steroid dienone is 1. The summed E-state index contributed by atoms with van der Waals surface area (Å²) in [6.45, 7) is 13.6. The standard InChI is InChI=1S/C28H32F2N6/c1-6-35-14-21(15-35)17(4)19-7-9-25(31-13-19)33-26-10-8-22(29)27(34-26)20-11-23(30)28-24(12-20)36(16(2)3)18(5)32-28/h7-9,11-13,16-17,21H,6,10,14-15H2,1-5H3/t17-/m0/s1. The highest BCUT2D eigenvalue weighted by Crippen LogP contribution is 2.32. The van der Waals surface area contributed by atoms with Gasteiger partial charge < -0.3 is 9.47 Å². The number of imidazole rings is 1. The second-order valence-corrected chi connectivity index (χ2v) is 10.0. The van der Waals surface area contributed by atoms with E-state index in [0.29, 0.717) is 40.4 Å². The van der Waals surface area contributed by atoms with Crippen LogP contribution >= 0.6 is 0 Å². The molecule has 3 aromatic rings.